The summed E-state index contributed by atoms with van der Waals surface area (Å²) in [7, 11) is 0. The van der Waals surface area contributed by atoms with Gasteiger partial charge in [-0.2, -0.15) is 0 Å². The first-order valence-electron chi connectivity index (χ1n) is 8.67. The van der Waals surface area contributed by atoms with Gasteiger partial charge in [-0.3, -0.25) is 14.5 Å². The molecule has 1 atom stereocenters. The maximum absolute atomic E-state index is 13.1. The number of hydrogen-bond donors (Lipinski definition) is 1. The van der Waals surface area contributed by atoms with Crippen LogP contribution in [-0.4, -0.2) is 54.3 Å². The van der Waals surface area contributed by atoms with E-state index in [4.69, 9.17) is 0 Å². The van der Waals surface area contributed by atoms with Gasteiger partial charge < -0.3 is 10.2 Å². The van der Waals surface area contributed by atoms with Gasteiger partial charge in [0.05, 0.1) is 13.1 Å². The number of likely N-dealkylation sites (tertiary alicyclic amines) is 2. The minimum Gasteiger partial charge on any atom is -0.346 e. The summed E-state index contributed by atoms with van der Waals surface area (Å²) in [6.45, 7) is 2.79. The second-order valence-corrected chi connectivity index (χ2v) is 6.54. The van der Waals surface area contributed by atoms with E-state index in [1.165, 1.54) is 12.1 Å². The van der Waals surface area contributed by atoms with E-state index in [0.29, 0.717) is 0 Å². The van der Waals surface area contributed by atoms with E-state index in [0.717, 1.165) is 50.9 Å². The lowest BCUT2D eigenvalue weighted by Crippen LogP contribution is -2.42. The molecule has 6 heteroatoms. The predicted molar refractivity (Wildman–Crippen MR) is 88.8 cm³/mol. The third-order valence-corrected chi connectivity index (χ3v) is 4.86. The van der Waals surface area contributed by atoms with Crippen LogP contribution in [0.1, 0.15) is 37.3 Å². The van der Waals surface area contributed by atoms with E-state index in [9.17, 15) is 14.0 Å². The average molecular weight is 333 g/mol. The highest BCUT2D eigenvalue weighted by Crippen LogP contribution is 2.31. The van der Waals surface area contributed by atoms with Gasteiger partial charge in [-0.15, -0.1) is 0 Å². The van der Waals surface area contributed by atoms with Gasteiger partial charge in [0, 0.05) is 19.1 Å². The monoisotopic (exact) mass is 333 g/mol. The van der Waals surface area contributed by atoms with Crippen LogP contribution in [0.3, 0.4) is 0 Å². The van der Waals surface area contributed by atoms with Crippen molar-refractivity contribution < 1.29 is 14.0 Å². The number of benzene rings is 1. The summed E-state index contributed by atoms with van der Waals surface area (Å²) in [5.74, 6) is -0.379. The number of nitrogens with zero attached hydrogens (tertiary/aromatic N) is 2. The zero-order valence-electron chi connectivity index (χ0n) is 13.8. The fourth-order valence-electron chi connectivity index (χ4n) is 3.57. The summed E-state index contributed by atoms with van der Waals surface area (Å²) in [6.07, 6.45) is 4.08. The second kappa shape index (κ2) is 7.75. The first-order valence-corrected chi connectivity index (χ1v) is 8.67. The molecule has 24 heavy (non-hydrogen) atoms. The molecule has 2 aliphatic rings. The first-order chi connectivity index (χ1) is 11.6. The fourth-order valence-corrected chi connectivity index (χ4v) is 3.57. The molecule has 0 bridgehead atoms. The van der Waals surface area contributed by atoms with Crippen molar-refractivity contribution in [2.75, 3.05) is 32.7 Å². The molecule has 1 unspecified atom stereocenters. The summed E-state index contributed by atoms with van der Waals surface area (Å²) in [5, 5.41) is 2.74. The Morgan fingerprint density at radius 2 is 1.79 bits per heavy atom. The topological polar surface area (TPSA) is 52.7 Å². The smallest absolute Gasteiger partial charge is 0.241 e. The quantitative estimate of drug-likeness (QED) is 0.892. The minimum atomic E-state index is -0.249. The highest BCUT2D eigenvalue weighted by atomic mass is 19.1. The van der Waals surface area contributed by atoms with Crippen LogP contribution in [0.2, 0.25) is 0 Å². The van der Waals surface area contributed by atoms with Crippen molar-refractivity contribution in [3.63, 3.8) is 0 Å². The highest BCUT2D eigenvalue weighted by molar-refractivity contribution is 5.85. The standard InChI is InChI=1S/C18H24FN3O2/c19-15-7-5-14(6-8-15)16-4-3-11-22(16)13-17(23)20-12-18(24)21-9-1-2-10-21/h5-8,16H,1-4,9-13H2,(H,20,23). The third kappa shape index (κ3) is 4.12. The molecule has 2 amide bonds. The highest BCUT2D eigenvalue weighted by Gasteiger charge is 2.27. The van der Waals surface area contributed by atoms with Gasteiger partial charge in [0.25, 0.3) is 0 Å². The minimum absolute atomic E-state index is 0.00245. The number of carbonyl (C=O) groups is 2. The molecule has 1 aromatic carbocycles. The van der Waals surface area contributed by atoms with Gasteiger partial charge in [0.15, 0.2) is 0 Å². The van der Waals surface area contributed by atoms with E-state index < -0.39 is 0 Å². The van der Waals surface area contributed by atoms with E-state index in [2.05, 4.69) is 10.2 Å². The Bertz CT molecular complexity index is 584. The lowest BCUT2D eigenvalue weighted by molar-refractivity contribution is -0.132. The summed E-state index contributed by atoms with van der Waals surface area (Å²) in [4.78, 5) is 28.0. The molecule has 3 rings (SSSR count). The fraction of sp³-hybridized carbons (Fsp3) is 0.556. The number of amides is 2. The lowest BCUT2D eigenvalue weighted by atomic mass is 10.0. The average Bonchev–Trinajstić information content (AvgIpc) is 3.25. The van der Waals surface area contributed by atoms with Crippen molar-refractivity contribution in [3.8, 4) is 0 Å². The molecule has 0 aliphatic carbocycles. The third-order valence-electron chi connectivity index (χ3n) is 4.86. The van der Waals surface area contributed by atoms with E-state index in [1.54, 1.807) is 17.0 Å². The van der Waals surface area contributed by atoms with Crippen LogP contribution in [0.25, 0.3) is 0 Å². The number of carbonyl (C=O) groups excluding carboxylic acids is 2. The number of halogens is 1. The normalized spacial score (nSPS) is 21.2. The molecule has 2 aliphatic heterocycles. The van der Waals surface area contributed by atoms with Crippen LogP contribution in [0.15, 0.2) is 24.3 Å². The lowest BCUT2D eigenvalue weighted by Gasteiger charge is -2.24. The summed E-state index contributed by atoms with van der Waals surface area (Å²) in [6, 6.07) is 6.63. The van der Waals surface area contributed by atoms with Crippen LogP contribution in [0.4, 0.5) is 4.39 Å². The molecule has 0 saturated carbocycles. The van der Waals surface area contributed by atoms with Crippen LogP contribution in [-0.2, 0) is 9.59 Å². The molecule has 2 saturated heterocycles. The Labute approximate surface area is 141 Å². The molecular formula is C18H24FN3O2. The zero-order valence-corrected chi connectivity index (χ0v) is 13.8. The van der Waals surface area contributed by atoms with Crippen molar-refractivity contribution >= 4 is 11.8 Å². The summed E-state index contributed by atoms with van der Waals surface area (Å²) >= 11 is 0. The maximum Gasteiger partial charge on any atom is 0.241 e. The van der Waals surface area contributed by atoms with Crippen LogP contribution < -0.4 is 5.32 Å². The van der Waals surface area contributed by atoms with E-state index in [1.807, 2.05) is 0 Å². The Morgan fingerprint density at radius 3 is 2.50 bits per heavy atom. The van der Waals surface area contributed by atoms with Crippen LogP contribution in [0.5, 0.6) is 0 Å². The van der Waals surface area contributed by atoms with Crippen molar-refractivity contribution in [3.05, 3.63) is 35.6 Å². The zero-order chi connectivity index (χ0) is 16.9. The van der Waals surface area contributed by atoms with E-state index in [-0.39, 0.29) is 36.8 Å². The molecule has 0 spiro atoms. The van der Waals surface area contributed by atoms with Crippen molar-refractivity contribution in [2.24, 2.45) is 0 Å². The summed E-state index contributed by atoms with van der Waals surface area (Å²) < 4.78 is 13.1. The van der Waals surface area contributed by atoms with E-state index >= 15 is 0 Å². The van der Waals surface area contributed by atoms with Crippen molar-refractivity contribution in [1.29, 1.82) is 0 Å². The maximum atomic E-state index is 13.1. The van der Waals surface area contributed by atoms with Gasteiger partial charge in [0.2, 0.25) is 11.8 Å². The number of rotatable bonds is 5. The Morgan fingerprint density at radius 1 is 1.08 bits per heavy atom. The van der Waals surface area contributed by atoms with Crippen molar-refractivity contribution in [2.45, 2.75) is 31.7 Å². The molecule has 2 heterocycles. The SMILES string of the molecule is O=C(CN1CCCC1c1ccc(F)cc1)NCC(=O)N1CCCC1. The van der Waals surface area contributed by atoms with Crippen molar-refractivity contribution in [1.82, 2.24) is 15.1 Å². The molecule has 5 nitrogen and oxygen atoms in total. The predicted octanol–water partition coefficient (Wildman–Crippen LogP) is 1.70. The molecule has 0 aromatic heterocycles. The second-order valence-electron chi connectivity index (χ2n) is 6.54. The largest absolute Gasteiger partial charge is 0.346 e. The molecule has 130 valence electrons. The van der Waals surface area contributed by atoms with Crippen LogP contribution in [0, 0.1) is 5.82 Å². The molecule has 2 fully saturated rings. The Hall–Kier alpha value is -1.95. The van der Waals surface area contributed by atoms with Gasteiger partial charge in [0.1, 0.15) is 5.82 Å². The molecule has 1 aromatic rings. The Kier molecular flexibility index (Phi) is 5.45. The molecular weight excluding hydrogens is 309 g/mol. The van der Waals surface area contributed by atoms with Gasteiger partial charge in [-0.05, 0) is 49.9 Å². The number of nitrogens with one attached hydrogen (secondary N) is 1. The van der Waals surface area contributed by atoms with Gasteiger partial charge >= 0.3 is 0 Å². The van der Waals surface area contributed by atoms with Gasteiger partial charge in [-0.25, -0.2) is 4.39 Å². The van der Waals surface area contributed by atoms with Gasteiger partial charge in [-0.1, -0.05) is 12.1 Å². The summed E-state index contributed by atoms with van der Waals surface area (Å²) in [5.41, 5.74) is 1.04. The first kappa shape index (κ1) is 16.9. The Balaban J connectivity index is 1.49. The molecule has 0 radical (unpaired) electrons. The van der Waals surface area contributed by atoms with Crippen LogP contribution >= 0.6 is 0 Å². The number of hydrogen-bond acceptors (Lipinski definition) is 3. The molecule has 1 N–H and O–H groups in total.